The number of aliphatic hydroxyl groups is 1. The van der Waals surface area contributed by atoms with Crippen LogP contribution >= 0.6 is 0 Å². The molecule has 0 bridgehead atoms. The number of benzene rings is 2. The van der Waals surface area contributed by atoms with Gasteiger partial charge in [-0.2, -0.15) is 0 Å². The second kappa shape index (κ2) is 8.70. The molecule has 1 aliphatic rings. The lowest BCUT2D eigenvalue weighted by Crippen LogP contribution is -2.35. The molecular weight excluding hydrogens is 400 g/mol. The molecule has 1 fully saturated rings. The van der Waals surface area contributed by atoms with E-state index in [9.17, 15) is 34.1 Å². The van der Waals surface area contributed by atoms with E-state index in [1.165, 1.54) is 19.1 Å². The van der Waals surface area contributed by atoms with Crippen molar-refractivity contribution in [3.8, 4) is 0 Å². The fourth-order valence-corrected chi connectivity index (χ4v) is 3.99. The van der Waals surface area contributed by atoms with Crippen LogP contribution in [0.25, 0.3) is 0 Å². The zero-order valence-electron chi connectivity index (χ0n) is 16.3. The molecule has 1 aliphatic heterocycles. The lowest BCUT2D eigenvalue weighted by atomic mass is 9.89. The first-order valence-corrected chi connectivity index (χ1v) is 9.48. The van der Waals surface area contributed by atoms with Gasteiger partial charge in [-0.05, 0) is 55.4 Å². The molecule has 1 saturated heterocycles. The summed E-state index contributed by atoms with van der Waals surface area (Å²) in [7, 11) is 0. The van der Waals surface area contributed by atoms with E-state index in [4.69, 9.17) is 0 Å². The number of hydrogen-bond acceptors (Lipinski definition) is 6. The third-order valence-electron chi connectivity index (χ3n) is 5.60. The molecule has 2 aromatic rings. The van der Waals surface area contributed by atoms with Crippen molar-refractivity contribution in [1.29, 1.82) is 0 Å². The molecule has 10 heteroatoms. The van der Waals surface area contributed by atoms with E-state index in [1.54, 1.807) is 4.90 Å². The van der Waals surface area contributed by atoms with Gasteiger partial charge < -0.3 is 10.0 Å². The quantitative estimate of drug-likeness (QED) is 0.557. The second-order valence-electron chi connectivity index (χ2n) is 7.43. The Balaban J connectivity index is 1.85. The van der Waals surface area contributed by atoms with E-state index in [-0.39, 0.29) is 28.4 Å². The number of nitrogens with zero attached hydrogens (tertiary/aromatic N) is 3. The smallest absolute Gasteiger partial charge is 0.302 e. The number of aliphatic hydroxyl groups excluding tert-OH is 1. The number of nitro benzene ring substituents is 2. The normalized spacial score (nSPS) is 14.7. The lowest BCUT2D eigenvalue weighted by Gasteiger charge is -2.33. The van der Waals surface area contributed by atoms with Crippen molar-refractivity contribution in [2.45, 2.75) is 32.8 Å². The number of halogens is 2. The van der Waals surface area contributed by atoms with Crippen LogP contribution in [0, 0.1) is 44.7 Å². The molecule has 0 spiro atoms. The van der Waals surface area contributed by atoms with E-state index in [0.717, 1.165) is 12.1 Å². The Morgan fingerprint density at radius 3 is 2.30 bits per heavy atom. The molecule has 0 aliphatic carbocycles. The Morgan fingerprint density at radius 1 is 1.10 bits per heavy atom. The number of anilines is 1. The summed E-state index contributed by atoms with van der Waals surface area (Å²) >= 11 is 0. The first-order chi connectivity index (χ1) is 14.2. The molecule has 8 nitrogen and oxygen atoms in total. The highest BCUT2D eigenvalue weighted by Crippen LogP contribution is 2.43. The van der Waals surface area contributed by atoms with Gasteiger partial charge in [-0.25, -0.2) is 8.78 Å². The molecule has 0 radical (unpaired) electrons. The molecule has 1 N–H and O–H groups in total. The molecule has 2 aromatic carbocycles. The van der Waals surface area contributed by atoms with E-state index >= 15 is 0 Å². The fraction of sp³-hybridized carbons (Fsp3) is 0.400. The summed E-state index contributed by atoms with van der Waals surface area (Å²) in [6.45, 7) is 1.64. The van der Waals surface area contributed by atoms with Gasteiger partial charge in [0, 0.05) is 24.7 Å². The second-order valence-corrected chi connectivity index (χ2v) is 7.43. The van der Waals surface area contributed by atoms with Crippen molar-refractivity contribution in [2.75, 3.05) is 18.0 Å². The first kappa shape index (κ1) is 21.6. The summed E-state index contributed by atoms with van der Waals surface area (Å²) in [5, 5.41) is 32.7. The minimum absolute atomic E-state index is 0.0500. The first-order valence-electron chi connectivity index (χ1n) is 9.48. The van der Waals surface area contributed by atoms with Gasteiger partial charge in [-0.15, -0.1) is 0 Å². The molecule has 0 amide bonds. The molecule has 1 heterocycles. The van der Waals surface area contributed by atoms with Gasteiger partial charge in [0.05, 0.1) is 16.5 Å². The van der Waals surface area contributed by atoms with Crippen LogP contribution in [-0.4, -0.2) is 28.0 Å². The number of piperidine rings is 1. The molecule has 3 rings (SSSR count). The maximum absolute atomic E-state index is 13.4. The highest BCUT2D eigenvalue weighted by molar-refractivity contribution is 5.79. The highest BCUT2D eigenvalue weighted by Gasteiger charge is 2.35. The topological polar surface area (TPSA) is 110 Å². The van der Waals surface area contributed by atoms with Gasteiger partial charge in [0.25, 0.3) is 5.69 Å². The zero-order chi connectivity index (χ0) is 22.0. The number of rotatable bonds is 6. The Bertz CT molecular complexity index is 991. The van der Waals surface area contributed by atoms with Crippen LogP contribution in [0.15, 0.2) is 24.3 Å². The molecule has 0 aromatic heterocycles. The summed E-state index contributed by atoms with van der Waals surface area (Å²) in [6.07, 6.45) is 1.71. The van der Waals surface area contributed by atoms with Crippen LogP contribution in [0.1, 0.15) is 29.5 Å². The fourth-order valence-electron chi connectivity index (χ4n) is 3.99. The predicted molar refractivity (Wildman–Crippen MR) is 105 cm³/mol. The molecule has 30 heavy (non-hydrogen) atoms. The van der Waals surface area contributed by atoms with Crippen molar-refractivity contribution >= 4 is 17.1 Å². The Labute approximate surface area is 171 Å². The van der Waals surface area contributed by atoms with Gasteiger partial charge in [0.2, 0.25) is 0 Å². The molecular formula is C20H21F2N3O5. The predicted octanol–water partition coefficient (Wildman–Crippen LogP) is 4.04. The number of hydrogen-bond donors (Lipinski definition) is 1. The van der Waals surface area contributed by atoms with Crippen LogP contribution in [0.5, 0.6) is 0 Å². The van der Waals surface area contributed by atoms with E-state index in [1.807, 2.05) is 0 Å². The van der Waals surface area contributed by atoms with Gasteiger partial charge >= 0.3 is 5.69 Å². The van der Waals surface area contributed by atoms with Crippen molar-refractivity contribution in [1.82, 2.24) is 0 Å². The monoisotopic (exact) mass is 421 g/mol. The SMILES string of the molecule is Cc1c(CO)cc([N+](=O)[O-])c(N2CCC(Cc3ccc(F)c(F)c3)CC2)c1[N+](=O)[O-]. The highest BCUT2D eigenvalue weighted by atomic mass is 19.2. The van der Waals surface area contributed by atoms with Crippen molar-refractivity contribution in [2.24, 2.45) is 5.92 Å². The molecule has 0 saturated carbocycles. The summed E-state index contributed by atoms with van der Waals surface area (Å²) in [5.41, 5.74) is 0.179. The van der Waals surface area contributed by atoms with Crippen molar-refractivity contribution in [3.05, 3.63) is 72.8 Å². The molecule has 0 atom stereocenters. The Hall–Kier alpha value is -3.14. The maximum Gasteiger partial charge on any atom is 0.302 e. The maximum atomic E-state index is 13.4. The number of nitro groups is 2. The minimum atomic E-state index is -0.908. The van der Waals surface area contributed by atoms with E-state index < -0.39 is 33.8 Å². The summed E-state index contributed by atoms with van der Waals surface area (Å²) in [6, 6.07) is 4.95. The van der Waals surface area contributed by atoms with Crippen LogP contribution in [-0.2, 0) is 13.0 Å². The van der Waals surface area contributed by atoms with Gasteiger partial charge in [0.1, 0.15) is 0 Å². The summed E-state index contributed by atoms with van der Waals surface area (Å²) in [4.78, 5) is 23.6. The third kappa shape index (κ3) is 4.23. The van der Waals surface area contributed by atoms with E-state index in [0.29, 0.717) is 37.9 Å². The van der Waals surface area contributed by atoms with E-state index in [2.05, 4.69) is 0 Å². The summed E-state index contributed by atoms with van der Waals surface area (Å²) < 4.78 is 26.5. The van der Waals surface area contributed by atoms with Gasteiger partial charge in [-0.1, -0.05) is 6.07 Å². The minimum Gasteiger partial charge on any atom is -0.392 e. The zero-order valence-corrected chi connectivity index (χ0v) is 16.3. The Kier molecular flexibility index (Phi) is 6.25. The van der Waals surface area contributed by atoms with Gasteiger partial charge in [-0.3, -0.25) is 20.2 Å². The van der Waals surface area contributed by atoms with Crippen LogP contribution in [0.3, 0.4) is 0 Å². The lowest BCUT2D eigenvalue weighted by molar-refractivity contribution is -0.393. The van der Waals surface area contributed by atoms with Crippen LogP contribution in [0.4, 0.5) is 25.8 Å². The average Bonchev–Trinajstić information content (AvgIpc) is 2.70. The Morgan fingerprint density at radius 2 is 1.77 bits per heavy atom. The van der Waals surface area contributed by atoms with Crippen LogP contribution in [0.2, 0.25) is 0 Å². The standard InChI is InChI=1S/C20H21F2N3O5/c1-12-15(11-26)10-18(24(27)28)20(19(12)25(29)30)23-6-4-13(5-7-23)8-14-2-3-16(21)17(22)9-14/h2-3,9-10,13,26H,4-8,11H2,1H3. The van der Waals surface area contributed by atoms with Crippen molar-refractivity contribution in [3.63, 3.8) is 0 Å². The average molecular weight is 421 g/mol. The largest absolute Gasteiger partial charge is 0.392 e. The molecule has 160 valence electrons. The van der Waals surface area contributed by atoms with Crippen LogP contribution < -0.4 is 4.90 Å². The van der Waals surface area contributed by atoms with Crippen molar-refractivity contribution < 1.29 is 23.7 Å². The third-order valence-corrected chi connectivity index (χ3v) is 5.60. The molecule has 0 unspecified atom stereocenters. The van der Waals surface area contributed by atoms with Gasteiger partial charge in [0.15, 0.2) is 17.3 Å². The summed E-state index contributed by atoms with van der Waals surface area (Å²) in [5.74, 6) is -1.67.